The summed E-state index contributed by atoms with van der Waals surface area (Å²) in [6, 6.07) is 7.33. The first-order valence-corrected chi connectivity index (χ1v) is 7.38. The van der Waals surface area contributed by atoms with E-state index in [2.05, 4.69) is 5.32 Å². The molecule has 1 atom stereocenters. The van der Waals surface area contributed by atoms with Crippen LogP contribution in [0.15, 0.2) is 24.3 Å². The van der Waals surface area contributed by atoms with Gasteiger partial charge in [-0.2, -0.15) is 0 Å². The van der Waals surface area contributed by atoms with Crippen molar-refractivity contribution in [2.24, 2.45) is 5.92 Å². The van der Waals surface area contributed by atoms with Crippen LogP contribution in [0.1, 0.15) is 18.4 Å². The molecule has 2 N–H and O–H groups in total. The molecule has 1 amide bonds. The second-order valence-electron chi connectivity index (χ2n) is 5.32. The zero-order valence-corrected chi connectivity index (χ0v) is 13.7. The molecule has 0 aliphatic carbocycles. The molecule has 1 unspecified atom stereocenters. The Balaban J connectivity index is 0.00000242. The Morgan fingerprint density at radius 2 is 2.18 bits per heavy atom. The number of carboxylic acid groups (broad SMARTS) is 1. The summed E-state index contributed by atoms with van der Waals surface area (Å²) >= 11 is 5.88. The monoisotopic (exact) mass is 346 g/mol. The first-order chi connectivity index (χ1) is 10.0. The number of hydrogen-bond donors (Lipinski definition) is 2. The third-order valence-electron chi connectivity index (χ3n) is 3.60. The molecule has 0 radical (unpaired) electrons. The summed E-state index contributed by atoms with van der Waals surface area (Å²) in [6.45, 7) is 1.88. The molecule has 1 heterocycles. The predicted molar refractivity (Wildman–Crippen MR) is 87.3 cm³/mol. The fourth-order valence-electron chi connectivity index (χ4n) is 2.51. The second kappa shape index (κ2) is 8.98. The number of piperidine rings is 1. The maximum absolute atomic E-state index is 11.9. The number of halogens is 2. The number of hydrogen-bond acceptors (Lipinski definition) is 3. The van der Waals surface area contributed by atoms with Crippen molar-refractivity contribution >= 4 is 35.9 Å². The Kier molecular flexibility index (Phi) is 7.65. The molecular weight excluding hydrogens is 327 g/mol. The van der Waals surface area contributed by atoms with Crippen molar-refractivity contribution in [3.63, 3.8) is 0 Å². The first kappa shape index (κ1) is 18.7. The number of likely N-dealkylation sites (tertiary alicyclic amines) is 1. The average molecular weight is 347 g/mol. The zero-order valence-electron chi connectivity index (χ0n) is 12.1. The van der Waals surface area contributed by atoms with E-state index < -0.39 is 5.97 Å². The maximum atomic E-state index is 11.9. The van der Waals surface area contributed by atoms with Gasteiger partial charge in [0.2, 0.25) is 5.91 Å². The molecule has 1 fully saturated rings. The lowest BCUT2D eigenvalue weighted by atomic mass is 9.98. The van der Waals surface area contributed by atoms with Crippen molar-refractivity contribution in [3.8, 4) is 0 Å². The molecule has 5 nitrogen and oxygen atoms in total. The van der Waals surface area contributed by atoms with Gasteiger partial charge in [-0.25, -0.2) is 0 Å². The Bertz CT molecular complexity index is 525. The van der Waals surface area contributed by atoms with E-state index in [1.807, 2.05) is 23.1 Å². The molecule has 1 aromatic carbocycles. The Labute approximate surface area is 141 Å². The highest BCUT2D eigenvalue weighted by molar-refractivity contribution is 6.30. The minimum absolute atomic E-state index is 0. The molecule has 1 aromatic rings. The Morgan fingerprint density at radius 3 is 2.86 bits per heavy atom. The van der Waals surface area contributed by atoms with Crippen molar-refractivity contribution in [2.45, 2.75) is 19.4 Å². The van der Waals surface area contributed by atoms with E-state index in [-0.39, 0.29) is 30.8 Å². The van der Waals surface area contributed by atoms with Gasteiger partial charge in [-0.1, -0.05) is 23.7 Å². The van der Waals surface area contributed by atoms with Crippen molar-refractivity contribution in [2.75, 3.05) is 19.6 Å². The molecule has 1 aliphatic rings. The summed E-state index contributed by atoms with van der Waals surface area (Å²) in [4.78, 5) is 24.8. The Morgan fingerprint density at radius 1 is 1.41 bits per heavy atom. The molecule has 0 spiro atoms. The van der Waals surface area contributed by atoms with Crippen LogP contribution in [-0.2, 0) is 16.1 Å². The number of amides is 1. The van der Waals surface area contributed by atoms with Crippen LogP contribution in [0.4, 0.5) is 0 Å². The highest BCUT2D eigenvalue weighted by atomic mass is 35.5. The number of carbonyl (C=O) groups is 2. The summed E-state index contributed by atoms with van der Waals surface area (Å²) in [5.74, 6) is -1.24. The van der Waals surface area contributed by atoms with E-state index in [9.17, 15) is 9.59 Å². The van der Waals surface area contributed by atoms with Gasteiger partial charge in [0.1, 0.15) is 0 Å². The normalized spacial score (nSPS) is 18.3. The molecular formula is C15H20Cl2N2O3. The van der Waals surface area contributed by atoms with Crippen LogP contribution in [0, 0.1) is 5.92 Å². The van der Waals surface area contributed by atoms with Gasteiger partial charge in [-0.05, 0) is 37.1 Å². The van der Waals surface area contributed by atoms with Crippen LogP contribution >= 0.6 is 24.0 Å². The minimum atomic E-state index is -0.779. The number of carbonyl (C=O) groups excluding carboxylic acids is 1. The smallest absolute Gasteiger partial charge is 0.307 e. The first-order valence-electron chi connectivity index (χ1n) is 7.01. The lowest BCUT2D eigenvalue weighted by Gasteiger charge is -2.29. The van der Waals surface area contributed by atoms with E-state index in [0.29, 0.717) is 24.5 Å². The van der Waals surface area contributed by atoms with Crippen LogP contribution < -0.4 is 5.32 Å². The SMILES string of the molecule is Cl.O=C(CN1CCCC(C(=O)O)C1)NCc1cccc(Cl)c1. The van der Waals surface area contributed by atoms with Gasteiger partial charge in [0.15, 0.2) is 0 Å². The highest BCUT2D eigenvalue weighted by Crippen LogP contribution is 2.16. The van der Waals surface area contributed by atoms with Crippen molar-refractivity contribution < 1.29 is 14.7 Å². The van der Waals surface area contributed by atoms with Gasteiger partial charge in [0.25, 0.3) is 0 Å². The summed E-state index contributed by atoms with van der Waals surface area (Å²) < 4.78 is 0. The molecule has 7 heteroatoms. The fourth-order valence-corrected chi connectivity index (χ4v) is 2.72. The molecule has 0 aromatic heterocycles. The van der Waals surface area contributed by atoms with E-state index in [1.165, 1.54) is 0 Å². The number of aliphatic carboxylic acids is 1. The highest BCUT2D eigenvalue weighted by Gasteiger charge is 2.26. The Hall–Kier alpha value is -1.30. The number of rotatable bonds is 5. The molecule has 22 heavy (non-hydrogen) atoms. The van der Waals surface area contributed by atoms with Gasteiger partial charge >= 0.3 is 5.97 Å². The van der Waals surface area contributed by atoms with Gasteiger partial charge < -0.3 is 10.4 Å². The lowest BCUT2D eigenvalue weighted by Crippen LogP contribution is -2.44. The van der Waals surface area contributed by atoms with E-state index in [4.69, 9.17) is 16.7 Å². The van der Waals surface area contributed by atoms with Crippen molar-refractivity contribution in [1.29, 1.82) is 0 Å². The van der Waals surface area contributed by atoms with E-state index >= 15 is 0 Å². The quantitative estimate of drug-likeness (QED) is 0.857. The van der Waals surface area contributed by atoms with E-state index in [1.54, 1.807) is 6.07 Å². The number of nitrogens with zero attached hydrogens (tertiary/aromatic N) is 1. The van der Waals surface area contributed by atoms with Crippen LogP contribution in [0.5, 0.6) is 0 Å². The largest absolute Gasteiger partial charge is 0.481 e. The fraction of sp³-hybridized carbons (Fsp3) is 0.467. The van der Waals surface area contributed by atoms with Crippen molar-refractivity contribution in [1.82, 2.24) is 10.2 Å². The topological polar surface area (TPSA) is 69.6 Å². The molecule has 2 rings (SSSR count). The standard InChI is InChI=1S/C15H19ClN2O3.ClH/c16-13-5-1-3-11(7-13)8-17-14(19)10-18-6-2-4-12(9-18)15(20)21;/h1,3,5,7,12H,2,4,6,8-10H2,(H,17,19)(H,20,21);1H. The number of nitrogens with one attached hydrogen (secondary N) is 1. The predicted octanol–water partition coefficient (Wildman–Crippen LogP) is 2.17. The van der Waals surface area contributed by atoms with Crippen molar-refractivity contribution in [3.05, 3.63) is 34.9 Å². The molecule has 1 aliphatic heterocycles. The third-order valence-corrected chi connectivity index (χ3v) is 3.84. The zero-order chi connectivity index (χ0) is 15.2. The third kappa shape index (κ3) is 5.83. The van der Waals surface area contributed by atoms with E-state index in [0.717, 1.165) is 18.5 Å². The number of benzene rings is 1. The molecule has 122 valence electrons. The number of carboxylic acids is 1. The molecule has 0 saturated carbocycles. The summed E-state index contributed by atoms with van der Waals surface area (Å²) in [5, 5.41) is 12.5. The van der Waals surface area contributed by atoms with Gasteiger partial charge in [-0.15, -0.1) is 12.4 Å². The lowest BCUT2D eigenvalue weighted by molar-refractivity contribution is -0.144. The van der Waals surface area contributed by atoms with Gasteiger partial charge in [0.05, 0.1) is 12.5 Å². The molecule has 1 saturated heterocycles. The van der Waals surface area contributed by atoms with Gasteiger partial charge in [0, 0.05) is 18.1 Å². The second-order valence-corrected chi connectivity index (χ2v) is 5.76. The maximum Gasteiger partial charge on any atom is 0.307 e. The van der Waals surface area contributed by atoms with Crippen LogP contribution in [-0.4, -0.2) is 41.5 Å². The summed E-state index contributed by atoms with van der Waals surface area (Å²) in [6.07, 6.45) is 1.51. The minimum Gasteiger partial charge on any atom is -0.481 e. The summed E-state index contributed by atoms with van der Waals surface area (Å²) in [5.41, 5.74) is 0.943. The van der Waals surface area contributed by atoms with Crippen LogP contribution in [0.3, 0.4) is 0 Å². The average Bonchev–Trinajstić information content (AvgIpc) is 2.45. The van der Waals surface area contributed by atoms with Crippen LogP contribution in [0.25, 0.3) is 0 Å². The van der Waals surface area contributed by atoms with Gasteiger partial charge in [-0.3, -0.25) is 14.5 Å². The summed E-state index contributed by atoms with van der Waals surface area (Å²) in [7, 11) is 0. The van der Waals surface area contributed by atoms with Crippen LogP contribution in [0.2, 0.25) is 5.02 Å². The molecule has 0 bridgehead atoms.